The van der Waals surface area contributed by atoms with Crippen molar-refractivity contribution in [2.75, 3.05) is 0 Å². The minimum atomic E-state index is -0.362. The maximum Gasteiger partial charge on any atom is 2.00 e. The molecule has 0 unspecified atom stereocenters. The zero-order chi connectivity index (χ0) is 16.4. The molecule has 0 atom stereocenters. The molecule has 1 nitrogen and oxygen atoms in total. The Morgan fingerprint density at radius 1 is 1.36 bits per heavy atom. The number of hydrogen-bond donors (Lipinski definition) is 1. The van der Waals surface area contributed by atoms with Crippen LogP contribution in [0, 0.1) is 43.6 Å². The van der Waals surface area contributed by atoms with Crippen LogP contribution in [0.25, 0.3) is 0 Å². The maximum atomic E-state index is 5.80. The van der Waals surface area contributed by atoms with Crippen LogP contribution >= 0.6 is 12.6 Å². The third-order valence-corrected chi connectivity index (χ3v) is 3.85. The molecule has 0 saturated heterocycles. The Morgan fingerprint density at radius 3 is 2.27 bits per heavy atom. The number of thiol groups is 1. The number of unbranched alkanes of at least 4 members (excludes halogenated alkanes) is 1. The summed E-state index contributed by atoms with van der Waals surface area (Å²) in [7, 11) is 1.70. The monoisotopic (exact) mass is 543 g/mol. The average molecular weight is 543 g/mol. The summed E-state index contributed by atoms with van der Waals surface area (Å²) < 4.78 is 5.57. The van der Waals surface area contributed by atoms with Crippen LogP contribution in [0.4, 0.5) is 0 Å². The van der Waals surface area contributed by atoms with Gasteiger partial charge in [-0.15, -0.1) is 12.2 Å². The smallest absolute Gasteiger partial charge is 0.432 e. The van der Waals surface area contributed by atoms with Crippen molar-refractivity contribution in [1.82, 2.24) is 0 Å². The maximum absolute atomic E-state index is 5.80. The van der Waals surface area contributed by atoms with E-state index in [4.69, 9.17) is 4.65 Å². The molecule has 0 aromatic heterocycles. The minimum absolute atomic E-state index is 0. The molecule has 1 fully saturated rings. The summed E-state index contributed by atoms with van der Waals surface area (Å²) in [6.45, 7) is 13.9. The van der Waals surface area contributed by atoms with Crippen LogP contribution in [0.2, 0.25) is 0 Å². The summed E-state index contributed by atoms with van der Waals surface area (Å²) in [4.78, 5) is 0. The Kier molecular flexibility index (Phi) is 14.7. The predicted molar refractivity (Wildman–Crippen MR) is 98.5 cm³/mol. The third-order valence-electron chi connectivity index (χ3n) is 3.31. The topological polar surface area (TPSA) is 9.23 Å². The molecular weight excluding hydrogens is 513 g/mol. The van der Waals surface area contributed by atoms with Gasteiger partial charge in [-0.05, 0) is 34.1 Å². The molecule has 121 valence electrons. The summed E-state index contributed by atoms with van der Waals surface area (Å²) in [5.74, 6) is 0. The molecule has 0 aromatic carbocycles. The first kappa shape index (κ1) is 24.9. The van der Waals surface area contributed by atoms with Crippen molar-refractivity contribution >= 4 is 20.1 Å². The van der Waals surface area contributed by atoms with Gasteiger partial charge in [0.25, 0.3) is 7.48 Å². The van der Waals surface area contributed by atoms with E-state index in [1.165, 1.54) is 12.8 Å². The van der Waals surface area contributed by atoms with Gasteiger partial charge in [0.2, 0.25) is 0 Å². The first-order valence-corrected chi connectivity index (χ1v) is 8.14. The van der Waals surface area contributed by atoms with Crippen molar-refractivity contribution < 1.29 is 35.8 Å². The molecule has 1 aliphatic carbocycles. The second-order valence-corrected chi connectivity index (χ2v) is 7.30. The average Bonchev–Trinajstić information content (AvgIpc) is 3.24. The molecule has 0 heterocycles. The van der Waals surface area contributed by atoms with Crippen molar-refractivity contribution in [3.8, 4) is 0 Å². The van der Waals surface area contributed by atoms with Crippen LogP contribution in [-0.2, 0) is 4.65 Å². The van der Waals surface area contributed by atoms with E-state index in [1.807, 2.05) is 39.8 Å². The van der Waals surface area contributed by atoms with Crippen molar-refractivity contribution in [2.24, 2.45) is 0 Å². The molecule has 0 amide bonds. The summed E-state index contributed by atoms with van der Waals surface area (Å²) in [6, 6.07) is 0. The molecule has 1 rings (SSSR count). The number of rotatable bonds is 8. The fourth-order valence-electron chi connectivity index (χ4n) is 0.929. The van der Waals surface area contributed by atoms with E-state index in [1.54, 1.807) is 7.48 Å². The van der Waals surface area contributed by atoms with Gasteiger partial charge < -0.3 is 11.1 Å². The van der Waals surface area contributed by atoms with E-state index in [9.17, 15) is 0 Å². The standard InChI is InChI=1S/C15H25BOS.C3H5.U/c1-7-9-10-11-12-13(8-2)16-17-14(3,4)15(5,6)18;1-2-3-1;/h10-12,18H,2,7,9H2,1,3-6H3;1H,2-3H2;/q2*-1;+2/b11-10-,13-12+;;. The van der Waals surface area contributed by atoms with Gasteiger partial charge in [-0.25, -0.2) is 24.4 Å². The summed E-state index contributed by atoms with van der Waals surface area (Å²) in [5, 5.41) is 0. The fraction of sp³-hybridized carbons (Fsp3) is 0.611. The normalized spacial score (nSPS) is 14.7. The molecule has 0 aromatic rings. The van der Waals surface area contributed by atoms with E-state index in [2.05, 4.69) is 44.7 Å². The van der Waals surface area contributed by atoms with Gasteiger partial charge in [-0.1, -0.05) is 13.3 Å². The Morgan fingerprint density at radius 2 is 1.91 bits per heavy atom. The summed E-state index contributed by atoms with van der Waals surface area (Å²) in [5.41, 5.74) is 0.479. The van der Waals surface area contributed by atoms with Crippen LogP contribution in [0.1, 0.15) is 60.3 Å². The second-order valence-electron chi connectivity index (χ2n) is 6.19. The van der Waals surface area contributed by atoms with Crippen LogP contribution in [-0.4, -0.2) is 17.8 Å². The van der Waals surface area contributed by atoms with Crippen molar-refractivity contribution in [2.45, 2.75) is 70.7 Å². The van der Waals surface area contributed by atoms with E-state index >= 15 is 0 Å². The van der Waals surface area contributed by atoms with Crippen LogP contribution in [0.5, 0.6) is 0 Å². The van der Waals surface area contributed by atoms with Gasteiger partial charge in [0, 0.05) is 4.75 Å². The molecule has 1 saturated carbocycles. The zero-order valence-corrected chi connectivity index (χ0v) is 19.8. The first-order chi connectivity index (χ1) is 9.74. The SMILES string of the molecule is C=[C-]/C([B]OC(C)(C)C(C)(C)S)=C\C=C/CCC.[CH-]1CC1.[U+2]. The zero-order valence-electron chi connectivity index (χ0n) is 14.8. The molecule has 0 aliphatic heterocycles. The van der Waals surface area contributed by atoms with Gasteiger partial charge >= 0.3 is 31.1 Å². The number of hydrogen-bond acceptors (Lipinski definition) is 2. The van der Waals surface area contributed by atoms with E-state index in [0.717, 1.165) is 18.3 Å². The Hall–Kier alpha value is 0.647. The van der Waals surface area contributed by atoms with Crippen LogP contribution < -0.4 is 0 Å². The van der Waals surface area contributed by atoms with Crippen molar-refractivity contribution in [3.63, 3.8) is 0 Å². The fourth-order valence-corrected chi connectivity index (χ4v) is 0.982. The number of allylic oxidation sites excluding steroid dienone is 5. The Labute approximate surface area is 168 Å². The molecule has 22 heavy (non-hydrogen) atoms. The Balaban J connectivity index is 0. The molecule has 1 aliphatic rings. The Bertz CT molecular complexity index is 352. The van der Waals surface area contributed by atoms with E-state index in [-0.39, 0.29) is 41.5 Å². The molecule has 4 heteroatoms. The van der Waals surface area contributed by atoms with Gasteiger partial charge in [0.05, 0.1) is 5.60 Å². The van der Waals surface area contributed by atoms with Gasteiger partial charge in [-0.3, -0.25) is 6.08 Å². The quantitative estimate of drug-likeness (QED) is 0.189. The third kappa shape index (κ3) is 13.1. The van der Waals surface area contributed by atoms with Crippen molar-refractivity contribution in [3.05, 3.63) is 42.8 Å². The first-order valence-electron chi connectivity index (χ1n) is 7.69. The van der Waals surface area contributed by atoms with E-state index in [0.29, 0.717) is 0 Å². The summed E-state index contributed by atoms with van der Waals surface area (Å²) in [6.07, 6.45) is 16.2. The molecule has 1 radical (unpaired) electrons. The van der Waals surface area contributed by atoms with Crippen molar-refractivity contribution in [1.29, 1.82) is 0 Å². The minimum Gasteiger partial charge on any atom is -0.432 e. The van der Waals surface area contributed by atoms with E-state index < -0.39 is 0 Å². The molecule has 0 spiro atoms. The molecular formula is C18H30BOSU. The molecule has 0 N–H and O–H groups in total. The molecule has 0 bridgehead atoms. The van der Waals surface area contributed by atoms with Crippen LogP contribution in [0.3, 0.4) is 0 Å². The second kappa shape index (κ2) is 13.0. The summed E-state index contributed by atoms with van der Waals surface area (Å²) >= 11 is 4.55. The van der Waals surface area contributed by atoms with Gasteiger partial charge in [0.1, 0.15) is 0 Å². The largest absolute Gasteiger partial charge is 2.00 e. The predicted octanol–water partition coefficient (Wildman–Crippen LogP) is 5.32. The van der Waals surface area contributed by atoms with Crippen LogP contribution in [0.15, 0.2) is 30.3 Å². The van der Waals surface area contributed by atoms with Gasteiger partial charge in [0.15, 0.2) is 0 Å². The van der Waals surface area contributed by atoms with Gasteiger partial charge in [-0.2, -0.15) is 19.2 Å².